The molecule has 0 saturated heterocycles. The summed E-state index contributed by atoms with van der Waals surface area (Å²) in [6.07, 6.45) is 4.75. The summed E-state index contributed by atoms with van der Waals surface area (Å²) in [5.74, 6) is -0.00872. The van der Waals surface area contributed by atoms with E-state index in [0.29, 0.717) is 0 Å². The van der Waals surface area contributed by atoms with Crippen molar-refractivity contribution in [3.8, 4) is 0 Å². The van der Waals surface area contributed by atoms with Crippen molar-refractivity contribution in [1.82, 2.24) is 0 Å². The van der Waals surface area contributed by atoms with Crippen LogP contribution in [0.25, 0.3) is 0 Å². The number of rotatable bonds is 6. The van der Waals surface area contributed by atoms with E-state index in [9.17, 15) is 9.18 Å². The minimum atomic E-state index is -0.207. The van der Waals surface area contributed by atoms with Crippen LogP contribution in [0, 0.1) is 18.7 Å². The van der Waals surface area contributed by atoms with Crippen LogP contribution in [0.3, 0.4) is 0 Å². The number of hydrogen-bond acceptors (Lipinski definition) is 1. The van der Waals surface area contributed by atoms with Crippen LogP contribution in [0.5, 0.6) is 0 Å². The molecule has 0 aliphatic carbocycles. The Kier molecular flexibility index (Phi) is 5.94. The van der Waals surface area contributed by atoms with Crippen LogP contribution in [0.15, 0.2) is 29.8 Å². The van der Waals surface area contributed by atoms with Gasteiger partial charge in [0.25, 0.3) is 0 Å². The van der Waals surface area contributed by atoms with E-state index in [4.69, 9.17) is 0 Å². The van der Waals surface area contributed by atoms with Gasteiger partial charge in [0.2, 0.25) is 0 Å². The number of carbonyl (C=O) groups is 1. The number of carbonyl (C=O) groups excluding carboxylic acids is 1. The zero-order chi connectivity index (χ0) is 14.4. The third kappa shape index (κ3) is 4.98. The molecule has 2 atom stereocenters. The Morgan fingerprint density at radius 2 is 2.05 bits per heavy atom. The quantitative estimate of drug-likeness (QED) is 0.531. The molecule has 0 bridgehead atoms. The molecule has 0 aliphatic rings. The Labute approximate surface area is 115 Å². The van der Waals surface area contributed by atoms with Crippen LogP contribution in [-0.2, 0) is 4.79 Å². The standard InChI is InChI=1S/C17H23FO/c1-12(2)5-7-15(9-13(3)11-19)17-10-16(18)8-6-14(17)4/h5-6,8,10-11,13,15H,7,9H2,1-4H3. The molecule has 0 saturated carbocycles. The molecule has 1 rings (SSSR count). The number of aryl methyl sites for hydroxylation is 1. The first-order valence-electron chi connectivity index (χ1n) is 6.78. The Hall–Kier alpha value is -1.44. The summed E-state index contributed by atoms with van der Waals surface area (Å²) in [6, 6.07) is 4.90. The van der Waals surface area contributed by atoms with Gasteiger partial charge in [0, 0.05) is 5.92 Å². The van der Waals surface area contributed by atoms with Gasteiger partial charge in [-0.25, -0.2) is 4.39 Å². The molecule has 1 nitrogen and oxygen atoms in total. The zero-order valence-electron chi connectivity index (χ0n) is 12.2. The van der Waals surface area contributed by atoms with Crippen LogP contribution in [-0.4, -0.2) is 6.29 Å². The molecule has 0 aliphatic heterocycles. The SMILES string of the molecule is CC(C)=CCC(CC(C)C=O)c1cc(F)ccc1C. The summed E-state index contributed by atoms with van der Waals surface area (Å²) >= 11 is 0. The van der Waals surface area contributed by atoms with Crippen molar-refractivity contribution < 1.29 is 9.18 Å². The average Bonchev–Trinajstić information content (AvgIpc) is 2.37. The molecule has 2 unspecified atom stereocenters. The van der Waals surface area contributed by atoms with E-state index < -0.39 is 0 Å². The van der Waals surface area contributed by atoms with Crippen LogP contribution in [0.4, 0.5) is 4.39 Å². The van der Waals surface area contributed by atoms with Crippen molar-refractivity contribution in [1.29, 1.82) is 0 Å². The summed E-state index contributed by atoms with van der Waals surface area (Å²) in [4.78, 5) is 10.9. The lowest BCUT2D eigenvalue weighted by molar-refractivity contribution is -0.110. The van der Waals surface area contributed by atoms with E-state index in [1.54, 1.807) is 6.07 Å². The molecule has 0 spiro atoms. The van der Waals surface area contributed by atoms with Crippen LogP contribution in [0.1, 0.15) is 50.7 Å². The zero-order valence-corrected chi connectivity index (χ0v) is 12.2. The van der Waals surface area contributed by atoms with Crippen molar-refractivity contribution in [3.05, 3.63) is 46.8 Å². The number of allylic oxidation sites excluding steroid dienone is 2. The second-order valence-corrected chi connectivity index (χ2v) is 5.56. The van der Waals surface area contributed by atoms with Crippen molar-refractivity contribution in [2.75, 3.05) is 0 Å². The van der Waals surface area contributed by atoms with Crippen molar-refractivity contribution in [2.24, 2.45) is 5.92 Å². The molecule has 1 aromatic rings. The number of hydrogen-bond donors (Lipinski definition) is 0. The van der Waals surface area contributed by atoms with Gasteiger partial charge < -0.3 is 4.79 Å². The molecule has 19 heavy (non-hydrogen) atoms. The topological polar surface area (TPSA) is 17.1 Å². The molecule has 0 amide bonds. The third-order valence-electron chi connectivity index (χ3n) is 3.38. The maximum atomic E-state index is 13.4. The van der Waals surface area contributed by atoms with Gasteiger partial charge in [0.1, 0.15) is 12.1 Å². The van der Waals surface area contributed by atoms with E-state index in [1.165, 1.54) is 11.6 Å². The van der Waals surface area contributed by atoms with E-state index in [0.717, 1.165) is 30.3 Å². The van der Waals surface area contributed by atoms with E-state index in [1.807, 2.05) is 19.9 Å². The molecule has 0 aromatic heterocycles. The molecule has 1 aromatic carbocycles. The van der Waals surface area contributed by atoms with Gasteiger partial charge in [0.15, 0.2) is 0 Å². The second-order valence-electron chi connectivity index (χ2n) is 5.56. The first-order valence-corrected chi connectivity index (χ1v) is 6.78. The molecule has 0 heterocycles. The Morgan fingerprint density at radius 3 is 2.63 bits per heavy atom. The van der Waals surface area contributed by atoms with Crippen molar-refractivity contribution in [2.45, 2.75) is 46.5 Å². The fourth-order valence-corrected chi connectivity index (χ4v) is 2.28. The lowest BCUT2D eigenvalue weighted by Crippen LogP contribution is -2.08. The third-order valence-corrected chi connectivity index (χ3v) is 3.38. The largest absolute Gasteiger partial charge is 0.303 e. The molecular formula is C17H23FO. The second kappa shape index (κ2) is 7.22. The van der Waals surface area contributed by atoms with Crippen LogP contribution in [0.2, 0.25) is 0 Å². The van der Waals surface area contributed by atoms with E-state index >= 15 is 0 Å². The molecule has 2 heteroatoms. The van der Waals surface area contributed by atoms with Gasteiger partial charge in [-0.3, -0.25) is 0 Å². The van der Waals surface area contributed by atoms with Crippen molar-refractivity contribution >= 4 is 6.29 Å². The van der Waals surface area contributed by atoms with Crippen LogP contribution >= 0.6 is 0 Å². The fourth-order valence-electron chi connectivity index (χ4n) is 2.28. The highest BCUT2D eigenvalue weighted by Crippen LogP contribution is 2.30. The minimum Gasteiger partial charge on any atom is -0.303 e. The maximum Gasteiger partial charge on any atom is 0.123 e. The predicted octanol–water partition coefficient (Wildman–Crippen LogP) is 4.80. The summed E-state index contributed by atoms with van der Waals surface area (Å²) < 4.78 is 13.4. The average molecular weight is 262 g/mol. The first kappa shape index (κ1) is 15.6. The minimum absolute atomic E-state index is 0.00164. The number of benzene rings is 1. The molecular weight excluding hydrogens is 239 g/mol. The molecule has 0 N–H and O–H groups in total. The summed E-state index contributed by atoms with van der Waals surface area (Å²) in [5, 5.41) is 0. The van der Waals surface area contributed by atoms with Gasteiger partial charge >= 0.3 is 0 Å². The van der Waals surface area contributed by atoms with Gasteiger partial charge in [-0.1, -0.05) is 24.6 Å². The van der Waals surface area contributed by atoms with Gasteiger partial charge in [-0.15, -0.1) is 0 Å². The lowest BCUT2D eigenvalue weighted by Gasteiger charge is -2.20. The lowest BCUT2D eigenvalue weighted by atomic mass is 9.85. The first-order chi connectivity index (χ1) is 8.93. The van der Waals surface area contributed by atoms with Gasteiger partial charge in [-0.2, -0.15) is 0 Å². The number of aldehydes is 1. The number of halogens is 1. The molecule has 0 fully saturated rings. The highest BCUT2D eigenvalue weighted by Gasteiger charge is 2.16. The fraction of sp³-hybridized carbons (Fsp3) is 0.471. The Bertz CT molecular complexity index is 458. The Morgan fingerprint density at radius 1 is 1.37 bits per heavy atom. The van der Waals surface area contributed by atoms with Gasteiger partial charge in [0.05, 0.1) is 0 Å². The summed E-state index contributed by atoms with van der Waals surface area (Å²) in [6.45, 7) is 8.02. The monoisotopic (exact) mass is 262 g/mol. The highest BCUT2D eigenvalue weighted by molar-refractivity contribution is 5.53. The normalized spacial score (nSPS) is 13.7. The van der Waals surface area contributed by atoms with Crippen molar-refractivity contribution in [3.63, 3.8) is 0 Å². The summed E-state index contributed by atoms with van der Waals surface area (Å²) in [7, 11) is 0. The van der Waals surface area contributed by atoms with Gasteiger partial charge in [-0.05, 0) is 62.8 Å². The molecule has 104 valence electrons. The maximum absolute atomic E-state index is 13.4. The Balaban J connectivity index is 3.03. The van der Waals surface area contributed by atoms with E-state index in [-0.39, 0.29) is 17.7 Å². The predicted molar refractivity (Wildman–Crippen MR) is 77.8 cm³/mol. The molecule has 0 radical (unpaired) electrons. The smallest absolute Gasteiger partial charge is 0.123 e. The van der Waals surface area contributed by atoms with Crippen LogP contribution < -0.4 is 0 Å². The summed E-state index contributed by atoms with van der Waals surface area (Å²) in [5.41, 5.74) is 3.36. The highest BCUT2D eigenvalue weighted by atomic mass is 19.1. The van der Waals surface area contributed by atoms with E-state index in [2.05, 4.69) is 19.9 Å².